The Hall–Kier alpha value is -5.17. The molecule has 0 bridgehead atoms. The lowest BCUT2D eigenvalue weighted by molar-refractivity contribution is -0.144. The number of halogens is 14. The second-order valence-corrected chi connectivity index (χ2v) is 34.6. The first-order valence-electron chi connectivity index (χ1n) is 26.0. The Labute approximate surface area is 478 Å². The molecule has 420 valence electrons. The zero-order chi connectivity index (χ0) is 59.0. The second kappa shape index (κ2) is 20.3. The summed E-state index contributed by atoms with van der Waals surface area (Å²) < 4.78 is 169. The summed E-state index contributed by atoms with van der Waals surface area (Å²) in [6.07, 6.45) is -11.7. The first-order chi connectivity index (χ1) is 36.8. The molecular formula is C64H58Br2F12Si2. The van der Waals surface area contributed by atoms with Crippen molar-refractivity contribution in [2.75, 3.05) is 0 Å². The van der Waals surface area contributed by atoms with E-state index < -0.39 is 63.1 Å². The summed E-state index contributed by atoms with van der Waals surface area (Å²) in [6.45, 7) is 25.3. The van der Waals surface area contributed by atoms with E-state index in [0.29, 0.717) is 33.3 Å². The SMILES string of the molecule is CC1=Cc2c(ccc(C)c2-c2cc(C(F)(F)F)cc(C(F)(F)F)c2)C1[Si](C)(C)C1C(C)=Cc2c1ccc(C)c2-c1cc(C(F)(F)F)cc(C(F)(F)F)c1.CC1=Cc2c(ccc(C)c2Br)C1[Si](C)(C)C1C(C)=Cc2c1ccc(C)c2Br. The highest BCUT2D eigenvalue weighted by Crippen LogP contribution is 2.57. The smallest absolute Gasteiger partial charge is 0.166 e. The number of hydrogen-bond acceptors (Lipinski definition) is 0. The summed E-state index contributed by atoms with van der Waals surface area (Å²) >= 11 is 7.69. The van der Waals surface area contributed by atoms with Gasteiger partial charge in [-0.15, -0.1) is 0 Å². The molecule has 4 unspecified atom stereocenters. The largest absolute Gasteiger partial charge is 0.416 e. The highest BCUT2D eigenvalue weighted by Gasteiger charge is 2.50. The van der Waals surface area contributed by atoms with E-state index in [9.17, 15) is 52.7 Å². The van der Waals surface area contributed by atoms with Gasteiger partial charge >= 0.3 is 24.7 Å². The summed E-state index contributed by atoms with van der Waals surface area (Å²) in [4.78, 5) is 0. The van der Waals surface area contributed by atoms with Gasteiger partial charge in [0.2, 0.25) is 0 Å². The lowest BCUT2D eigenvalue weighted by Crippen LogP contribution is -2.42. The lowest BCUT2D eigenvalue weighted by Gasteiger charge is -2.39. The summed E-state index contributed by atoms with van der Waals surface area (Å²) in [5.41, 5.74) is 11.5. The van der Waals surface area contributed by atoms with E-state index in [0.717, 1.165) is 46.5 Å². The molecule has 0 saturated carbocycles. The van der Waals surface area contributed by atoms with Gasteiger partial charge in [0.25, 0.3) is 0 Å². The monoisotopic (exact) mass is 1270 g/mol. The lowest BCUT2D eigenvalue weighted by atomic mass is 9.90. The van der Waals surface area contributed by atoms with E-state index in [1.54, 1.807) is 38.1 Å². The zero-order valence-electron chi connectivity index (χ0n) is 46.0. The molecule has 0 N–H and O–H groups in total. The van der Waals surface area contributed by atoms with E-state index in [1.165, 1.54) is 53.5 Å². The van der Waals surface area contributed by atoms with Gasteiger partial charge in [0.05, 0.1) is 38.4 Å². The summed E-state index contributed by atoms with van der Waals surface area (Å²) in [7, 11) is -4.49. The van der Waals surface area contributed by atoms with Crippen LogP contribution in [-0.2, 0) is 24.7 Å². The van der Waals surface area contributed by atoms with Crippen LogP contribution in [-0.4, -0.2) is 16.1 Å². The molecule has 6 aromatic carbocycles. The maximum absolute atomic E-state index is 13.9. The maximum atomic E-state index is 13.9. The van der Waals surface area contributed by atoms with Crippen LogP contribution in [0.1, 0.15) is 139 Å². The van der Waals surface area contributed by atoms with Crippen molar-refractivity contribution in [2.24, 2.45) is 0 Å². The first kappa shape index (κ1) is 59.5. The van der Waals surface area contributed by atoms with Crippen molar-refractivity contribution in [3.63, 3.8) is 0 Å². The topological polar surface area (TPSA) is 0 Å². The van der Waals surface area contributed by atoms with Crippen LogP contribution >= 0.6 is 31.9 Å². The summed E-state index contributed by atoms with van der Waals surface area (Å²) in [6, 6.07) is 19.4. The van der Waals surface area contributed by atoms with E-state index in [4.69, 9.17) is 0 Å². The number of alkyl halides is 12. The van der Waals surface area contributed by atoms with Crippen LogP contribution in [0.25, 0.3) is 46.6 Å². The number of aryl methyl sites for hydroxylation is 4. The molecule has 0 nitrogen and oxygen atoms in total. The molecule has 80 heavy (non-hydrogen) atoms. The molecule has 4 aliphatic rings. The van der Waals surface area contributed by atoms with Gasteiger partial charge in [-0.05, 0) is 213 Å². The van der Waals surface area contributed by atoms with Crippen LogP contribution in [0, 0.1) is 27.7 Å². The van der Waals surface area contributed by atoms with E-state index in [1.807, 2.05) is 26.0 Å². The van der Waals surface area contributed by atoms with Crippen LogP contribution in [0.4, 0.5) is 52.7 Å². The first-order valence-corrected chi connectivity index (χ1v) is 33.9. The number of rotatable bonds is 6. The molecule has 10 rings (SSSR count). The predicted octanol–water partition coefficient (Wildman–Crippen LogP) is 22.5. The van der Waals surface area contributed by atoms with E-state index in [2.05, 4.69) is 122 Å². The number of benzene rings is 6. The molecule has 0 spiro atoms. The molecule has 16 heteroatoms. The van der Waals surface area contributed by atoms with Crippen LogP contribution in [0.2, 0.25) is 26.2 Å². The molecule has 4 atom stereocenters. The molecule has 0 aliphatic heterocycles. The molecule has 0 amide bonds. The highest BCUT2D eigenvalue weighted by atomic mass is 79.9. The van der Waals surface area contributed by atoms with Crippen molar-refractivity contribution in [3.05, 3.63) is 205 Å². The minimum absolute atomic E-state index is 0.0911. The van der Waals surface area contributed by atoms with Gasteiger partial charge < -0.3 is 0 Å². The standard InChI is InChI=1S/C40H32F12Si.C24H26Br2Si/c1-19-7-9-29-31(33(19)23-13-25(37(41,42)43)17-26(14-23)38(44,45)46)11-21(3)35(29)53(5,6)36-22(4)12-32-30(36)10-8-20(2)34(32)24-15-27(39(47,48)49)18-28(16-24)40(50,51)52;1-13-7-9-17-19(21(13)25)11-15(3)23(17)27(5,6)24-16(4)12-20-18(24)10-8-14(2)22(20)26/h7-18,35-36H,1-6H3;7-12,23-24H,1-6H3. The molecule has 4 aliphatic carbocycles. The fourth-order valence-electron chi connectivity index (χ4n) is 14.0. The third-order valence-electron chi connectivity index (χ3n) is 17.1. The van der Waals surface area contributed by atoms with Crippen LogP contribution in [0.5, 0.6) is 0 Å². The fourth-order valence-corrected chi connectivity index (χ4v) is 24.9. The van der Waals surface area contributed by atoms with Crippen molar-refractivity contribution < 1.29 is 52.7 Å². The minimum atomic E-state index is -5.04. The van der Waals surface area contributed by atoms with Crippen LogP contribution < -0.4 is 0 Å². The Morgan fingerprint density at radius 2 is 0.550 bits per heavy atom. The Balaban J connectivity index is 0.000000239. The molecular weight excluding hydrogens is 1210 g/mol. The molecule has 0 radical (unpaired) electrons. The van der Waals surface area contributed by atoms with Crippen molar-refractivity contribution in [1.29, 1.82) is 0 Å². The quantitative estimate of drug-likeness (QED) is 0.115. The second-order valence-electron chi connectivity index (χ2n) is 23.4. The van der Waals surface area contributed by atoms with Gasteiger partial charge in [-0.3, -0.25) is 0 Å². The van der Waals surface area contributed by atoms with Gasteiger partial charge in [0.1, 0.15) is 0 Å². The average Bonchev–Trinajstić information content (AvgIpc) is 4.18. The summed E-state index contributed by atoms with van der Waals surface area (Å²) in [5.74, 6) is 0. The van der Waals surface area contributed by atoms with E-state index >= 15 is 0 Å². The molecule has 0 aromatic heterocycles. The minimum Gasteiger partial charge on any atom is -0.166 e. The Bertz CT molecular complexity index is 3390. The maximum Gasteiger partial charge on any atom is 0.416 e. The Morgan fingerprint density at radius 1 is 0.325 bits per heavy atom. The Morgan fingerprint density at radius 3 is 0.800 bits per heavy atom. The third kappa shape index (κ3) is 10.3. The average molecular weight is 1270 g/mol. The zero-order valence-corrected chi connectivity index (χ0v) is 51.2. The number of fused-ring (bicyclic) bond motifs is 4. The van der Waals surface area contributed by atoms with Gasteiger partial charge in [-0.25, -0.2) is 0 Å². The van der Waals surface area contributed by atoms with Gasteiger partial charge in [0.15, 0.2) is 0 Å². The molecule has 0 heterocycles. The van der Waals surface area contributed by atoms with Crippen LogP contribution in [0.15, 0.2) is 116 Å². The molecule has 0 fully saturated rings. The van der Waals surface area contributed by atoms with Crippen molar-refractivity contribution in [2.45, 2.75) is 128 Å². The highest BCUT2D eigenvalue weighted by molar-refractivity contribution is 9.11. The van der Waals surface area contributed by atoms with Crippen molar-refractivity contribution in [3.8, 4) is 22.3 Å². The normalized spacial score (nSPS) is 18.9. The van der Waals surface area contributed by atoms with Crippen LogP contribution in [0.3, 0.4) is 0 Å². The molecule has 6 aromatic rings. The third-order valence-corrected chi connectivity index (χ3v) is 28.2. The number of hydrogen-bond donors (Lipinski definition) is 0. The molecule has 0 saturated heterocycles. The van der Waals surface area contributed by atoms with Gasteiger partial charge in [-0.2, -0.15) is 52.7 Å². The van der Waals surface area contributed by atoms with Crippen molar-refractivity contribution in [1.82, 2.24) is 0 Å². The predicted molar refractivity (Wildman–Crippen MR) is 312 cm³/mol. The van der Waals surface area contributed by atoms with E-state index in [-0.39, 0.29) is 45.5 Å². The Kier molecular flexibility index (Phi) is 15.1. The van der Waals surface area contributed by atoms with Gasteiger partial charge in [0, 0.05) is 31.1 Å². The van der Waals surface area contributed by atoms with Gasteiger partial charge in [-0.1, -0.05) is 121 Å². The fraction of sp³-hybridized carbons (Fsp3) is 0.312. The van der Waals surface area contributed by atoms with Crippen molar-refractivity contribution >= 4 is 72.3 Å². The number of allylic oxidation sites excluding steroid dienone is 4. The summed E-state index contributed by atoms with van der Waals surface area (Å²) in [5, 5.41) is 0.